The standard InChI is InChI=1S/C32H65NO/c1-31(2)27-23-19-15-11-7-5-6-8-12-16-20-24-28-32(34)29-25-21-17-13-9-10-14-18-22-26-30-33(3)4/h31H,5-30H2,1-4H3. The minimum absolute atomic E-state index is 0.520. The number of nitrogens with zero attached hydrogens (tertiary/aromatic N) is 1. The molecular formula is C32H65NO. The van der Waals surface area contributed by atoms with Gasteiger partial charge >= 0.3 is 0 Å². The number of unbranched alkanes of at least 4 members (excludes halogenated alkanes) is 20. The van der Waals surface area contributed by atoms with E-state index in [9.17, 15) is 4.79 Å². The number of Topliss-reactive ketones (excluding diaryl/α,β-unsaturated/α-hetero) is 1. The molecule has 0 aromatic rings. The van der Waals surface area contributed by atoms with E-state index >= 15 is 0 Å². The zero-order valence-electron chi connectivity index (χ0n) is 24.3. The van der Waals surface area contributed by atoms with E-state index in [4.69, 9.17) is 0 Å². The third kappa shape index (κ3) is 29.7. The van der Waals surface area contributed by atoms with Crippen LogP contribution in [0.4, 0.5) is 0 Å². The number of hydrogen-bond acceptors (Lipinski definition) is 2. The molecule has 0 N–H and O–H groups in total. The highest BCUT2D eigenvalue weighted by atomic mass is 16.1. The van der Waals surface area contributed by atoms with Crippen molar-refractivity contribution in [2.45, 2.75) is 174 Å². The van der Waals surface area contributed by atoms with Crippen LogP contribution in [0.2, 0.25) is 0 Å². The van der Waals surface area contributed by atoms with Gasteiger partial charge in [0, 0.05) is 12.8 Å². The maximum atomic E-state index is 12.1. The molecule has 0 aromatic heterocycles. The Labute approximate surface area is 216 Å². The first-order valence-electron chi connectivity index (χ1n) is 15.7. The molecule has 0 aliphatic rings. The van der Waals surface area contributed by atoms with Crippen LogP contribution in [0, 0.1) is 5.92 Å². The Bertz CT molecular complexity index is 404. The van der Waals surface area contributed by atoms with Crippen molar-refractivity contribution in [3.63, 3.8) is 0 Å². The van der Waals surface area contributed by atoms with E-state index in [1.807, 2.05) is 0 Å². The van der Waals surface area contributed by atoms with Crippen molar-refractivity contribution in [1.82, 2.24) is 4.90 Å². The fraction of sp³-hybridized carbons (Fsp3) is 0.969. The van der Waals surface area contributed by atoms with E-state index in [2.05, 4.69) is 32.8 Å². The highest BCUT2D eigenvalue weighted by Crippen LogP contribution is 2.15. The van der Waals surface area contributed by atoms with Crippen molar-refractivity contribution >= 4 is 5.78 Å². The van der Waals surface area contributed by atoms with Gasteiger partial charge in [0.15, 0.2) is 0 Å². The minimum atomic E-state index is 0.520. The quantitative estimate of drug-likeness (QED) is 0.104. The Morgan fingerprint density at radius 2 is 0.765 bits per heavy atom. The van der Waals surface area contributed by atoms with Gasteiger partial charge in [-0.3, -0.25) is 4.79 Å². The smallest absolute Gasteiger partial charge is 0.132 e. The van der Waals surface area contributed by atoms with Gasteiger partial charge in [0.25, 0.3) is 0 Å². The van der Waals surface area contributed by atoms with Gasteiger partial charge in [-0.05, 0) is 45.8 Å². The first kappa shape index (κ1) is 33.6. The Balaban J connectivity index is 3.16. The topological polar surface area (TPSA) is 20.3 Å². The van der Waals surface area contributed by atoms with E-state index in [-0.39, 0.29) is 0 Å². The van der Waals surface area contributed by atoms with Gasteiger partial charge in [-0.25, -0.2) is 0 Å². The summed E-state index contributed by atoms with van der Waals surface area (Å²) in [5, 5.41) is 0. The third-order valence-electron chi connectivity index (χ3n) is 7.30. The third-order valence-corrected chi connectivity index (χ3v) is 7.30. The van der Waals surface area contributed by atoms with Crippen molar-refractivity contribution in [1.29, 1.82) is 0 Å². The largest absolute Gasteiger partial charge is 0.309 e. The van der Waals surface area contributed by atoms with Crippen molar-refractivity contribution in [2.75, 3.05) is 20.6 Å². The lowest BCUT2D eigenvalue weighted by molar-refractivity contribution is -0.119. The number of rotatable bonds is 28. The van der Waals surface area contributed by atoms with Gasteiger partial charge in [0.2, 0.25) is 0 Å². The Kier molecular flexibility index (Phi) is 26.9. The molecule has 0 saturated carbocycles. The van der Waals surface area contributed by atoms with Crippen molar-refractivity contribution in [2.24, 2.45) is 5.92 Å². The van der Waals surface area contributed by atoms with Gasteiger partial charge in [-0.1, -0.05) is 142 Å². The summed E-state index contributed by atoms with van der Waals surface area (Å²) in [6, 6.07) is 0. The number of ketones is 1. The molecule has 0 radical (unpaired) electrons. The highest BCUT2D eigenvalue weighted by molar-refractivity contribution is 5.78. The van der Waals surface area contributed by atoms with Crippen LogP contribution in [0.15, 0.2) is 0 Å². The maximum absolute atomic E-state index is 12.1. The summed E-state index contributed by atoms with van der Waals surface area (Å²) in [4.78, 5) is 14.4. The Morgan fingerprint density at radius 3 is 1.09 bits per heavy atom. The fourth-order valence-electron chi connectivity index (χ4n) is 4.93. The molecule has 34 heavy (non-hydrogen) atoms. The molecule has 0 atom stereocenters. The SMILES string of the molecule is CC(C)CCCCCCCCCCCCCCC(=O)CCCCCCCCCCCCN(C)C. The van der Waals surface area contributed by atoms with Crippen LogP contribution in [-0.4, -0.2) is 31.3 Å². The zero-order chi connectivity index (χ0) is 25.1. The van der Waals surface area contributed by atoms with Gasteiger partial charge in [-0.15, -0.1) is 0 Å². The van der Waals surface area contributed by atoms with Crippen LogP contribution in [0.3, 0.4) is 0 Å². The molecule has 0 unspecified atom stereocenters. The van der Waals surface area contributed by atoms with Crippen LogP contribution in [0.5, 0.6) is 0 Å². The maximum Gasteiger partial charge on any atom is 0.132 e. The molecule has 0 spiro atoms. The average Bonchev–Trinajstić information content (AvgIpc) is 2.79. The van der Waals surface area contributed by atoms with Crippen LogP contribution < -0.4 is 0 Å². The molecule has 0 aliphatic carbocycles. The van der Waals surface area contributed by atoms with Gasteiger partial charge in [0.1, 0.15) is 5.78 Å². The lowest BCUT2D eigenvalue weighted by Crippen LogP contribution is -2.12. The first-order chi connectivity index (χ1) is 16.5. The molecule has 0 fully saturated rings. The molecule has 0 bridgehead atoms. The van der Waals surface area contributed by atoms with E-state index in [1.165, 1.54) is 141 Å². The number of carbonyl (C=O) groups excluding carboxylic acids is 1. The van der Waals surface area contributed by atoms with Gasteiger partial charge < -0.3 is 4.90 Å². The van der Waals surface area contributed by atoms with E-state index < -0.39 is 0 Å². The number of hydrogen-bond donors (Lipinski definition) is 0. The lowest BCUT2D eigenvalue weighted by atomic mass is 10.0. The van der Waals surface area contributed by atoms with Crippen LogP contribution in [-0.2, 0) is 4.79 Å². The molecule has 0 amide bonds. The molecule has 204 valence electrons. The fourth-order valence-corrected chi connectivity index (χ4v) is 4.93. The summed E-state index contributed by atoms with van der Waals surface area (Å²) in [5.74, 6) is 1.40. The van der Waals surface area contributed by atoms with Crippen LogP contribution in [0.1, 0.15) is 174 Å². The van der Waals surface area contributed by atoms with Crippen LogP contribution in [0.25, 0.3) is 0 Å². The lowest BCUT2D eigenvalue weighted by Gasteiger charge is -2.08. The van der Waals surface area contributed by atoms with Gasteiger partial charge in [-0.2, -0.15) is 0 Å². The molecular weight excluding hydrogens is 414 g/mol. The number of carbonyl (C=O) groups is 1. The molecule has 0 aromatic carbocycles. The van der Waals surface area contributed by atoms with Crippen LogP contribution >= 0.6 is 0 Å². The van der Waals surface area contributed by atoms with E-state index in [0.29, 0.717) is 5.78 Å². The monoisotopic (exact) mass is 480 g/mol. The predicted molar refractivity (Wildman–Crippen MR) is 154 cm³/mol. The second-order valence-corrected chi connectivity index (χ2v) is 11.8. The Morgan fingerprint density at radius 1 is 0.471 bits per heavy atom. The van der Waals surface area contributed by atoms with Crippen molar-refractivity contribution in [3.05, 3.63) is 0 Å². The summed E-state index contributed by atoms with van der Waals surface area (Å²) in [6.07, 6.45) is 33.0. The second kappa shape index (κ2) is 27.2. The molecule has 0 aliphatic heterocycles. The second-order valence-electron chi connectivity index (χ2n) is 11.8. The van der Waals surface area contributed by atoms with Crippen molar-refractivity contribution in [3.8, 4) is 0 Å². The Hall–Kier alpha value is -0.370. The average molecular weight is 480 g/mol. The molecule has 0 heterocycles. The van der Waals surface area contributed by atoms with Gasteiger partial charge in [0.05, 0.1) is 0 Å². The first-order valence-corrected chi connectivity index (χ1v) is 15.7. The summed E-state index contributed by atoms with van der Waals surface area (Å²) in [7, 11) is 4.32. The zero-order valence-corrected chi connectivity index (χ0v) is 24.3. The summed E-state index contributed by atoms with van der Waals surface area (Å²) >= 11 is 0. The summed E-state index contributed by atoms with van der Waals surface area (Å²) < 4.78 is 0. The van der Waals surface area contributed by atoms with Crippen molar-refractivity contribution < 1.29 is 4.79 Å². The predicted octanol–water partition coefficient (Wildman–Crippen LogP) is 10.5. The molecule has 2 heteroatoms. The summed E-state index contributed by atoms with van der Waals surface area (Å²) in [5.41, 5.74) is 0. The highest BCUT2D eigenvalue weighted by Gasteiger charge is 2.02. The molecule has 0 saturated heterocycles. The minimum Gasteiger partial charge on any atom is -0.309 e. The molecule has 2 nitrogen and oxygen atoms in total. The van der Waals surface area contributed by atoms with E-state index in [1.54, 1.807) is 0 Å². The molecule has 0 rings (SSSR count). The summed E-state index contributed by atoms with van der Waals surface area (Å²) in [6.45, 7) is 5.90. The van der Waals surface area contributed by atoms with E-state index in [0.717, 1.165) is 31.6 Å². The normalized spacial score (nSPS) is 11.7.